The molecular formula is C36H33N3O7. The molecule has 2 heterocycles. The van der Waals surface area contributed by atoms with Gasteiger partial charge in [-0.05, 0) is 47.0 Å². The Hall–Kier alpha value is -5.13. The molecular weight excluding hydrogens is 595 g/mol. The van der Waals surface area contributed by atoms with E-state index >= 15 is 0 Å². The topological polar surface area (TPSA) is 132 Å². The van der Waals surface area contributed by atoms with Crippen LogP contribution in [-0.4, -0.2) is 57.7 Å². The van der Waals surface area contributed by atoms with Crippen molar-refractivity contribution < 1.29 is 29.2 Å². The first-order valence-corrected chi connectivity index (χ1v) is 14.8. The SMILES string of the molecule is COc1ccc(C(O[13CH2][13C@H]2O[13C@@H]([15n]3[13cH]cc([15NH]C(=O)c4ccccc4)[15n]c3=O)[13C@H](O)[13C@@H]2O)(c2ccccc2)c2ccccc2)cc1. The van der Waals surface area contributed by atoms with Gasteiger partial charge in [-0.2, -0.15) is 4.98 Å². The van der Waals surface area contributed by atoms with E-state index in [-0.39, 0.29) is 12.4 Å². The summed E-state index contributed by atoms with van der Waals surface area (Å²) in [5.74, 6) is 0.300. The Balaban J connectivity index is 1.27. The van der Waals surface area contributed by atoms with Crippen molar-refractivity contribution in [3.8, 4) is 5.75 Å². The summed E-state index contributed by atoms with van der Waals surface area (Å²) in [6, 6.07) is 36.9. The maximum atomic E-state index is 13.0. The van der Waals surface area contributed by atoms with Gasteiger partial charge in [0.25, 0.3) is 5.91 Å². The van der Waals surface area contributed by atoms with Crippen LogP contribution in [0.3, 0.4) is 0 Å². The van der Waals surface area contributed by atoms with Gasteiger partial charge in [0, 0.05) is 11.8 Å². The zero-order chi connectivity index (χ0) is 32.1. The molecule has 4 atom stereocenters. The predicted octanol–water partition coefficient (Wildman–Crippen LogP) is 4.13. The summed E-state index contributed by atoms with van der Waals surface area (Å²) in [5, 5.41) is 24.7. The first-order chi connectivity index (χ1) is 22.4. The van der Waals surface area contributed by atoms with Crippen LogP contribution in [-0.2, 0) is 15.1 Å². The quantitative estimate of drug-likeness (QED) is 0.120. The summed E-state index contributed by atoms with van der Waals surface area (Å²) < 4.78 is 19.3. The first-order valence-electron chi connectivity index (χ1n) is 14.8. The van der Waals surface area contributed by atoms with Crippen molar-refractivity contribution >= 4 is 11.7 Å². The Kier molecular flexibility index (Phi) is 9.04. The standard InChI is InChI=1S/C36H33N3O7/c1-44-28-19-17-27(18-20-28)36(25-13-7-3-8-14-25,26-15-9-4-10-16-26)45-23-29-31(40)32(41)34(46-29)39-22-21-30(38-35(39)43)37-33(42)24-11-5-2-6-12-24/h2-22,29,31-32,34,40-41H,23H2,1H3,(H,37,38,42,43)/t29-,31-,32-,34-/m1/s1/i22+1,23+1,29+1,31+1,32+1,34+1,37+1,38+1,39+1. The second-order valence-corrected chi connectivity index (χ2v) is 10.8. The highest BCUT2D eigenvalue weighted by Crippen LogP contribution is 2.42. The van der Waals surface area contributed by atoms with E-state index in [1.54, 1.807) is 37.4 Å². The highest BCUT2D eigenvalue weighted by molar-refractivity contribution is 6.03. The van der Waals surface area contributed by atoms with Crippen LogP contribution in [0.2, 0.25) is 0 Å². The Morgan fingerprint density at radius 1 is 0.826 bits per heavy atom. The summed E-state index contributed by atoms with van der Waals surface area (Å²) in [4.78, 5) is 29.5. The number of carbonyl (C=O) groups excluding carboxylic acids is 1. The molecule has 46 heavy (non-hydrogen) atoms. The van der Waals surface area contributed by atoms with Crippen molar-refractivity contribution in [3.63, 3.8) is 0 Å². The van der Waals surface area contributed by atoms with Gasteiger partial charge in [-0.25, -0.2) is 4.79 Å². The lowest BCUT2D eigenvalue weighted by Gasteiger charge is -2.37. The van der Waals surface area contributed by atoms with Crippen LogP contribution in [0.25, 0.3) is 0 Å². The van der Waals surface area contributed by atoms with Crippen LogP contribution >= 0.6 is 0 Å². The van der Waals surface area contributed by atoms with Crippen molar-refractivity contribution in [3.05, 3.63) is 160 Å². The van der Waals surface area contributed by atoms with Crippen LogP contribution in [0.1, 0.15) is 33.3 Å². The van der Waals surface area contributed by atoms with Crippen molar-refractivity contribution in [2.75, 3.05) is 19.0 Å². The van der Waals surface area contributed by atoms with E-state index < -0.39 is 41.7 Å². The van der Waals surface area contributed by atoms with E-state index in [0.29, 0.717) is 11.3 Å². The molecule has 1 aliphatic heterocycles. The van der Waals surface area contributed by atoms with Gasteiger partial charge in [-0.3, -0.25) is 9.36 Å². The van der Waals surface area contributed by atoms with Gasteiger partial charge in [0.1, 0.15) is 35.5 Å². The molecule has 1 amide bonds. The van der Waals surface area contributed by atoms with Gasteiger partial charge >= 0.3 is 5.69 Å². The molecule has 10 heteroatoms. The number of anilines is 1. The van der Waals surface area contributed by atoms with Crippen molar-refractivity contribution in [1.29, 1.82) is 0 Å². The minimum absolute atomic E-state index is 0.0398. The maximum absolute atomic E-state index is 13.0. The lowest BCUT2D eigenvalue weighted by molar-refractivity contribution is -0.0958. The highest BCUT2D eigenvalue weighted by Gasteiger charge is 2.46. The highest BCUT2D eigenvalue weighted by atomic mass is 16.8. The monoisotopic (exact) mass is 628 g/mol. The molecule has 6 rings (SSSR count). The van der Waals surface area contributed by atoms with Gasteiger partial charge < -0.3 is 29.7 Å². The molecule has 5 aromatic rings. The first kappa shape index (κ1) is 30.9. The van der Waals surface area contributed by atoms with Crippen LogP contribution in [0.5, 0.6) is 5.75 Å². The van der Waals surface area contributed by atoms with Gasteiger partial charge in [0.05, 0.1) is 13.7 Å². The third-order valence-electron chi connectivity index (χ3n) is 8.04. The Labute approximate surface area is 265 Å². The molecule has 1 aliphatic rings. The number of nitrogens with one attached hydrogen (secondary N) is 1. The largest absolute Gasteiger partial charge is 0.497 e. The molecule has 0 aliphatic carbocycles. The molecule has 0 saturated carbocycles. The Morgan fingerprint density at radius 2 is 1.39 bits per heavy atom. The molecule has 1 saturated heterocycles. The molecule has 0 radical (unpaired) electrons. The second kappa shape index (κ2) is 13.5. The summed E-state index contributed by atoms with van der Waals surface area (Å²) >= 11 is 0. The number of hydrogen-bond donors (Lipinski definition) is 3. The molecule has 0 spiro atoms. The minimum atomic E-state index is -1.46. The summed E-state index contributed by atoms with van der Waals surface area (Å²) in [5.41, 5.74) is 0.992. The number of methoxy groups -OCH3 is 1. The molecule has 0 bridgehead atoms. The predicted molar refractivity (Wildman–Crippen MR) is 171 cm³/mol. The van der Waals surface area contributed by atoms with E-state index in [1.807, 2.05) is 84.9 Å². The van der Waals surface area contributed by atoms with E-state index in [9.17, 15) is 19.8 Å². The van der Waals surface area contributed by atoms with Crippen LogP contribution in [0, 0.1) is 0 Å². The van der Waals surface area contributed by atoms with Gasteiger partial charge in [0.2, 0.25) is 0 Å². The number of rotatable bonds is 10. The third-order valence-corrected chi connectivity index (χ3v) is 8.04. The number of amides is 1. The van der Waals surface area contributed by atoms with Crippen molar-refractivity contribution in [1.82, 2.24) is 9.55 Å². The van der Waals surface area contributed by atoms with Gasteiger partial charge in [-0.1, -0.05) is 91.0 Å². The summed E-state index contributed by atoms with van der Waals surface area (Å²) in [6.07, 6.45) is -3.73. The Bertz CT molecular complexity index is 1780. The summed E-state index contributed by atoms with van der Waals surface area (Å²) in [6.45, 7) is -0.141. The lowest BCUT2D eigenvalue weighted by atomic mass is 9.80. The number of carbonyl (C=O) groups is 1. The smallest absolute Gasteiger partial charge is 0.351 e. The zero-order valence-corrected chi connectivity index (χ0v) is 25.0. The second-order valence-electron chi connectivity index (χ2n) is 10.8. The number of ether oxygens (including phenoxy) is 3. The molecule has 4 aromatic carbocycles. The number of aliphatic hydroxyl groups excluding tert-OH is 2. The Morgan fingerprint density at radius 3 is 1.96 bits per heavy atom. The number of nitrogens with zero attached hydrogens (tertiary/aromatic N) is 2. The van der Waals surface area contributed by atoms with Crippen LogP contribution in [0.15, 0.2) is 132 Å². The van der Waals surface area contributed by atoms with Crippen LogP contribution in [0.4, 0.5) is 5.82 Å². The van der Waals surface area contributed by atoms with E-state index in [4.69, 9.17) is 14.2 Å². The molecule has 0 unspecified atom stereocenters. The van der Waals surface area contributed by atoms with Crippen molar-refractivity contribution in [2.24, 2.45) is 0 Å². The van der Waals surface area contributed by atoms with Crippen LogP contribution < -0.4 is 15.7 Å². The fourth-order valence-electron chi connectivity index (χ4n) is 5.68. The average Bonchev–Trinajstić information content (AvgIpc) is 3.39. The number of hydrogen-bond acceptors (Lipinski definition) is 8. The van der Waals surface area contributed by atoms with E-state index in [0.717, 1.165) is 21.3 Å². The normalized spacial score (nSPS) is 19.5. The lowest BCUT2D eigenvalue weighted by Crippen LogP contribution is -2.39. The zero-order valence-electron chi connectivity index (χ0n) is 25.0. The van der Waals surface area contributed by atoms with Gasteiger partial charge in [-0.15, -0.1) is 0 Å². The third kappa shape index (κ3) is 6.07. The molecule has 1 fully saturated rings. The number of aliphatic hydroxyl groups is 2. The minimum Gasteiger partial charge on any atom is -0.497 e. The fourth-order valence-corrected chi connectivity index (χ4v) is 5.68. The summed E-state index contributed by atoms with van der Waals surface area (Å²) in [7, 11) is 1.60. The number of aromatic nitrogens is 2. The molecule has 1 aromatic heterocycles. The fraction of sp³-hybridized carbons (Fsp3) is 0.194. The molecule has 234 valence electrons. The van der Waals surface area contributed by atoms with E-state index in [2.05, 4.69) is 10.3 Å². The van der Waals surface area contributed by atoms with E-state index in [1.165, 1.54) is 12.3 Å². The van der Waals surface area contributed by atoms with Gasteiger partial charge in [0.15, 0.2) is 6.23 Å². The number of benzene rings is 4. The van der Waals surface area contributed by atoms with Crippen molar-refractivity contribution in [2.45, 2.75) is 30.1 Å². The average molecular weight is 629 g/mol. The maximum Gasteiger partial charge on any atom is 0.351 e. The molecule has 3 N–H and O–H groups in total. The molecule has 10 nitrogen and oxygen atoms in total.